The Balaban J connectivity index is 2.34. The van der Waals surface area contributed by atoms with E-state index in [0.29, 0.717) is 16.6 Å². The van der Waals surface area contributed by atoms with Crippen molar-refractivity contribution in [1.82, 2.24) is 5.32 Å². The molecule has 1 rings (SSSR count). The summed E-state index contributed by atoms with van der Waals surface area (Å²) in [6.45, 7) is 1.84. The molecule has 1 aromatic rings. The number of aliphatic hydroxyl groups is 1. The van der Waals surface area contributed by atoms with Crippen molar-refractivity contribution in [3.8, 4) is 0 Å². The number of nitrogens with one attached hydrogen (secondary N) is 1. The molecule has 0 unspecified atom stereocenters. The van der Waals surface area contributed by atoms with E-state index >= 15 is 0 Å². The lowest BCUT2D eigenvalue weighted by Gasteiger charge is -2.07. The van der Waals surface area contributed by atoms with Crippen molar-refractivity contribution in [3.05, 3.63) is 33.8 Å². The summed E-state index contributed by atoms with van der Waals surface area (Å²) in [6, 6.07) is 5.62. The summed E-state index contributed by atoms with van der Waals surface area (Å²) < 4.78 is 0. The zero-order chi connectivity index (χ0) is 11.1. The molecule has 0 bridgehead atoms. The smallest absolute Gasteiger partial charge is 0.0637 e. The van der Waals surface area contributed by atoms with E-state index in [9.17, 15) is 0 Å². The third-order valence-corrected chi connectivity index (χ3v) is 2.97. The standard InChI is InChI=1S/C11H15Cl2NO/c12-10-5-3-4-9(11(10)13)8-14-6-1-2-7-15/h3-5,14-15H,1-2,6-8H2. The molecule has 1 aromatic carbocycles. The first-order valence-electron chi connectivity index (χ1n) is 5.00. The molecule has 84 valence electrons. The summed E-state index contributed by atoms with van der Waals surface area (Å²) in [7, 11) is 0. The Morgan fingerprint density at radius 3 is 2.73 bits per heavy atom. The van der Waals surface area contributed by atoms with Crippen LogP contribution in [0.3, 0.4) is 0 Å². The average molecular weight is 248 g/mol. The Morgan fingerprint density at radius 2 is 2.00 bits per heavy atom. The maximum Gasteiger partial charge on any atom is 0.0637 e. The molecule has 0 spiro atoms. The van der Waals surface area contributed by atoms with Gasteiger partial charge in [-0.3, -0.25) is 0 Å². The second-order valence-electron chi connectivity index (χ2n) is 3.32. The molecule has 0 saturated carbocycles. The Bertz CT molecular complexity index is 305. The van der Waals surface area contributed by atoms with Gasteiger partial charge in [-0.15, -0.1) is 0 Å². The van der Waals surface area contributed by atoms with Gasteiger partial charge in [0.15, 0.2) is 0 Å². The quantitative estimate of drug-likeness (QED) is 0.759. The van der Waals surface area contributed by atoms with Crippen molar-refractivity contribution in [2.75, 3.05) is 13.2 Å². The number of hydrogen-bond donors (Lipinski definition) is 2. The fraction of sp³-hybridized carbons (Fsp3) is 0.455. The van der Waals surface area contributed by atoms with Crippen molar-refractivity contribution in [3.63, 3.8) is 0 Å². The molecule has 0 atom stereocenters. The third-order valence-electron chi connectivity index (χ3n) is 2.11. The number of halogens is 2. The third kappa shape index (κ3) is 4.39. The van der Waals surface area contributed by atoms with Gasteiger partial charge in [-0.25, -0.2) is 0 Å². The second kappa shape index (κ2) is 7.07. The monoisotopic (exact) mass is 247 g/mol. The molecule has 0 fully saturated rings. The molecule has 15 heavy (non-hydrogen) atoms. The average Bonchev–Trinajstić information content (AvgIpc) is 2.24. The molecule has 0 aliphatic carbocycles. The van der Waals surface area contributed by atoms with Gasteiger partial charge >= 0.3 is 0 Å². The van der Waals surface area contributed by atoms with Crippen LogP contribution in [0.2, 0.25) is 10.0 Å². The highest BCUT2D eigenvalue weighted by Gasteiger charge is 2.02. The lowest BCUT2D eigenvalue weighted by Crippen LogP contribution is -2.15. The normalized spacial score (nSPS) is 10.6. The highest BCUT2D eigenvalue weighted by Crippen LogP contribution is 2.25. The molecule has 0 aromatic heterocycles. The summed E-state index contributed by atoms with van der Waals surface area (Å²) in [4.78, 5) is 0. The molecule has 0 aliphatic rings. The van der Waals surface area contributed by atoms with E-state index in [2.05, 4.69) is 5.32 Å². The van der Waals surface area contributed by atoms with Crippen LogP contribution >= 0.6 is 23.2 Å². The molecular formula is C11H15Cl2NO. The predicted octanol–water partition coefficient (Wildman–Crippen LogP) is 2.86. The van der Waals surface area contributed by atoms with E-state index in [0.717, 1.165) is 24.9 Å². The summed E-state index contributed by atoms with van der Waals surface area (Å²) >= 11 is 11.9. The maximum absolute atomic E-state index is 8.60. The second-order valence-corrected chi connectivity index (χ2v) is 4.11. The summed E-state index contributed by atoms with van der Waals surface area (Å²) in [6.07, 6.45) is 1.80. The number of hydrogen-bond acceptors (Lipinski definition) is 2. The summed E-state index contributed by atoms with van der Waals surface area (Å²) in [5.74, 6) is 0. The zero-order valence-corrected chi connectivity index (χ0v) is 9.98. The molecular weight excluding hydrogens is 233 g/mol. The molecule has 0 amide bonds. The highest BCUT2D eigenvalue weighted by molar-refractivity contribution is 6.42. The topological polar surface area (TPSA) is 32.3 Å². The lowest BCUT2D eigenvalue weighted by molar-refractivity contribution is 0.283. The van der Waals surface area contributed by atoms with E-state index in [-0.39, 0.29) is 6.61 Å². The number of unbranched alkanes of at least 4 members (excludes halogenated alkanes) is 1. The van der Waals surface area contributed by atoms with E-state index < -0.39 is 0 Å². The van der Waals surface area contributed by atoms with Gasteiger partial charge in [0.2, 0.25) is 0 Å². The van der Waals surface area contributed by atoms with Gasteiger partial charge in [-0.2, -0.15) is 0 Å². The number of rotatable bonds is 6. The summed E-state index contributed by atoms with van der Waals surface area (Å²) in [5, 5.41) is 13.1. The molecule has 2 nitrogen and oxygen atoms in total. The minimum atomic E-state index is 0.250. The van der Waals surface area contributed by atoms with Crippen LogP contribution in [0.1, 0.15) is 18.4 Å². The van der Waals surface area contributed by atoms with Crippen LogP contribution in [-0.4, -0.2) is 18.3 Å². The van der Waals surface area contributed by atoms with Crippen LogP contribution in [0.25, 0.3) is 0 Å². The van der Waals surface area contributed by atoms with Crippen molar-refractivity contribution in [2.24, 2.45) is 0 Å². The number of benzene rings is 1. The van der Waals surface area contributed by atoms with Crippen molar-refractivity contribution in [1.29, 1.82) is 0 Å². The van der Waals surface area contributed by atoms with Gasteiger partial charge in [0.25, 0.3) is 0 Å². The van der Waals surface area contributed by atoms with Crippen LogP contribution in [0.4, 0.5) is 0 Å². The largest absolute Gasteiger partial charge is 0.396 e. The van der Waals surface area contributed by atoms with E-state index in [1.54, 1.807) is 6.07 Å². The van der Waals surface area contributed by atoms with Gasteiger partial charge in [0.05, 0.1) is 10.0 Å². The zero-order valence-electron chi connectivity index (χ0n) is 8.47. The minimum Gasteiger partial charge on any atom is -0.396 e. The van der Waals surface area contributed by atoms with Gasteiger partial charge in [0.1, 0.15) is 0 Å². The van der Waals surface area contributed by atoms with Gasteiger partial charge < -0.3 is 10.4 Å². The Hall–Kier alpha value is -0.280. The van der Waals surface area contributed by atoms with Gasteiger partial charge in [-0.05, 0) is 31.0 Å². The Labute approximate surface area is 100 Å². The van der Waals surface area contributed by atoms with Gasteiger partial charge in [-0.1, -0.05) is 35.3 Å². The maximum atomic E-state index is 8.60. The van der Waals surface area contributed by atoms with Crippen LogP contribution < -0.4 is 5.32 Å². The first-order chi connectivity index (χ1) is 7.25. The van der Waals surface area contributed by atoms with Crippen LogP contribution in [-0.2, 0) is 6.54 Å². The molecule has 4 heteroatoms. The van der Waals surface area contributed by atoms with Crippen LogP contribution in [0.15, 0.2) is 18.2 Å². The lowest BCUT2D eigenvalue weighted by atomic mass is 10.2. The van der Waals surface area contributed by atoms with Crippen molar-refractivity contribution < 1.29 is 5.11 Å². The molecule has 0 radical (unpaired) electrons. The first kappa shape index (κ1) is 12.8. The highest BCUT2D eigenvalue weighted by atomic mass is 35.5. The Kier molecular flexibility index (Phi) is 6.03. The van der Waals surface area contributed by atoms with Crippen LogP contribution in [0.5, 0.6) is 0 Å². The fourth-order valence-corrected chi connectivity index (χ4v) is 1.66. The molecule has 0 saturated heterocycles. The fourth-order valence-electron chi connectivity index (χ4n) is 1.27. The SMILES string of the molecule is OCCCCNCc1cccc(Cl)c1Cl. The minimum absolute atomic E-state index is 0.250. The van der Waals surface area contributed by atoms with E-state index in [1.165, 1.54) is 0 Å². The van der Waals surface area contributed by atoms with E-state index in [4.69, 9.17) is 28.3 Å². The van der Waals surface area contributed by atoms with Crippen LogP contribution in [0, 0.1) is 0 Å². The van der Waals surface area contributed by atoms with E-state index in [1.807, 2.05) is 12.1 Å². The Morgan fingerprint density at radius 1 is 1.20 bits per heavy atom. The van der Waals surface area contributed by atoms with Gasteiger partial charge in [0, 0.05) is 13.2 Å². The first-order valence-corrected chi connectivity index (χ1v) is 5.75. The van der Waals surface area contributed by atoms with Crippen molar-refractivity contribution in [2.45, 2.75) is 19.4 Å². The van der Waals surface area contributed by atoms with Crippen molar-refractivity contribution >= 4 is 23.2 Å². The molecule has 2 N–H and O–H groups in total. The molecule has 0 aliphatic heterocycles. The number of aliphatic hydroxyl groups excluding tert-OH is 1. The molecule has 0 heterocycles. The summed E-state index contributed by atoms with van der Waals surface area (Å²) in [5.41, 5.74) is 1.01. The predicted molar refractivity (Wildman–Crippen MR) is 64.5 cm³/mol.